The van der Waals surface area contributed by atoms with Crippen molar-refractivity contribution in [3.63, 3.8) is 0 Å². The number of piperidine rings is 1. The minimum atomic E-state index is -3.55. The Morgan fingerprint density at radius 2 is 1.93 bits per heavy atom. The van der Waals surface area contributed by atoms with Gasteiger partial charge in [-0.25, -0.2) is 13.4 Å². The van der Waals surface area contributed by atoms with Crippen LogP contribution in [0.1, 0.15) is 28.8 Å². The Kier molecular flexibility index (Phi) is 5.80. The lowest BCUT2D eigenvalue weighted by Gasteiger charge is -2.30. The standard InChI is InChI=1S/C20H23N5O4S/c26-13-15-5-7-25(8-6-15)30(28,29)18-3-1-14(2-4-18)10-22-20(27)17-9-16-12-23-24-19(16)21-11-17/h1-4,9,11-12,15,26H,5-8,10,13H2,(H,22,27)(H,21,23,24). The zero-order chi connectivity index (χ0) is 21.1. The van der Waals surface area contributed by atoms with E-state index in [-0.39, 0.29) is 29.9 Å². The van der Waals surface area contributed by atoms with E-state index in [2.05, 4.69) is 20.5 Å². The first-order valence-corrected chi connectivity index (χ1v) is 11.2. The van der Waals surface area contributed by atoms with Gasteiger partial charge in [-0.15, -0.1) is 0 Å². The normalized spacial score (nSPS) is 16.0. The van der Waals surface area contributed by atoms with Gasteiger partial charge in [-0.2, -0.15) is 9.40 Å². The SMILES string of the molecule is O=C(NCc1ccc(S(=O)(=O)N2CCC(CO)CC2)cc1)c1cnc2[nH]ncc2c1. The van der Waals surface area contributed by atoms with Crippen LogP contribution in [0.25, 0.3) is 11.0 Å². The zero-order valence-electron chi connectivity index (χ0n) is 16.3. The summed E-state index contributed by atoms with van der Waals surface area (Å²) in [5, 5.41) is 19.4. The third-order valence-electron chi connectivity index (χ3n) is 5.40. The molecule has 0 radical (unpaired) electrons. The summed E-state index contributed by atoms with van der Waals surface area (Å²) in [5.74, 6) is -0.0964. The van der Waals surface area contributed by atoms with Crippen molar-refractivity contribution in [3.05, 3.63) is 53.9 Å². The summed E-state index contributed by atoms with van der Waals surface area (Å²) in [5.41, 5.74) is 1.83. The number of carbonyl (C=O) groups is 1. The van der Waals surface area contributed by atoms with Gasteiger partial charge in [-0.1, -0.05) is 12.1 Å². The van der Waals surface area contributed by atoms with E-state index >= 15 is 0 Å². The molecule has 1 saturated heterocycles. The number of hydrogen-bond donors (Lipinski definition) is 3. The molecular weight excluding hydrogens is 406 g/mol. The molecule has 0 spiro atoms. The number of aliphatic hydroxyl groups excluding tert-OH is 1. The second-order valence-corrected chi connectivity index (χ2v) is 9.33. The van der Waals surface area contributed by atoms with Gasteiger partial charge in [0.15, 0.2) is 5.65 Å². The van der Waals surface area contributed by atoms with E-state index in [1.165, 1.54) is 10.5 Å². The average molecular weight is 430 g/mol. The van der Waals surface area contributed by atoms with E-state index in [4.69, 9.17) is 0 Å². The summed E-state index contributed by atoms with van der Waals surface area (Å²) in [6, 6.07) is 8.23. The molecule has 0 atom stereocenters. The van der Waals surface area contributed by atoms with Crippen LogP contribution in [0.2, 0.25) is 0 Å². The number of pyridine rings is 1. The highest BCUT2D eigenvalue weighted by atomic mass is 32.2. The molecule has 1 aliphatic heterocycles. The van der Waals surface area contributed by atoms with E-state index in [0.717, 1.165) is 10.9 Å². The predicted octanol–water partition coefficient (Wildman–Crippen LogP) is 1.28. The highest BCUT2D eigenvalue weighted by Crippen LogP contribution is 2.23. The molecule has 10 heteroatoms. The molecule has 0 unspecified atom stereocenters. The summed E-state index contributed by atoms with van der Waals surface area (Å²) in [6.45, 7) is 1.20. The number of sulfonamides is 1. The number of aliphatic hydroxyl groups is 1. The number of nitrogens with one attached hydrogen (secondary N) is 2. The maximum Gasteiger partial charge on any atom is 0.253 e. The first-order chi connectivity index (χ1) is 14.5. The lowest BCUT2D eigenvalue weighted by molar-refractivity contribution is 0.0950. The van der Waals surface area contributed by atoms with Gasteiger partial charge in [0.1, 0.15) is 0 Å². The van der Waals surface area contributed by atoms with Crippen LogP contribution < -0.4 is 5.32 Å². The molecule has 3 aromatic rings. The van der Waals surface area contributed by atoms with E-state index in [1.54, 1.807) is 36.5 Å². The van der Waals surface area contributed by atoms with Gasteiger partial charge >= 0.3 is 0 Å². The second-order valence-electron chi connectivity index (χ2n) is 7.39. The van der Waals surface area contributed by atoms with Crippen molar-refractivity contribution in [3.8, 4) is 0 Å². The van der Waals surface area contributed by atoms with Gasteiger partial charge in [0.2, 0.25) is 10.0 Å². The molecule has 9 nitrogen and oxygen atoms in total. The molecule has 30 heavy (non-hydrogen) atoms. The predicted molar refractivity (Wildman–Crippen MR) is 110 cm³/mol. The number of aromatic amines is 1. The van der Waals surface area contributed by atoms with E-state index in [9.17, 15) is 18.3 Å². The Morgan fingerprint density at radius 1 is 1.20 bits per heavy atom. The zero-order valence-corrected chi connectivity index (χ0v) is 17.1. The Labute approximate surface area is 174 Å². The lowest BCUT2D eigenvalue weighted by Crippen LogP contribution is -2.39. The van der Waals surface area contributed by atoms with Crippen LogP contribution in [-0.4, -0.2) is 58.6 Å². The molecule has 1 amide bonds. The molecule has 1 fully saturated rings. The quantitative estimate of drug-likeness (QED) is 0.542. The van der Waals surface area contributed by atoms with Gasteiger partial charge in [0, 0.05) is 37.8 Å². The van der Waals surface area contributed by atoms with Crippen molar-refractivity contribution in [2.75, 3.05) is 19.7 Å². The summed E-state index contributed by atoms with van der Waals surface area (Å²) in [6.07, 6.45) is 4.41. The monoisotopic (exact) mass is 429 g/mol. The Morgan fingerprint density at radius 3 is 2.63 bits per heavy atom. The number of H-pyrrole nitrogens is 1. The third kappa shape index (κ3) is 4.20. The lowest BCUT2D eigenvalue weighted by atomic mass is 10.00. The van der Waals surface area contributed by atoms with Crippen molar-refractivity contribution < 1.29 is 18.3 Å². The molecule has 2 aromatic heterocycles. The highest BCUT2D eigenvalue weighted by Gasteiger charge is 2.29. The van der Waals surface area contributed by atoms with Gasteiger partial charge in [0.25, 0.3) is 5.91 Å². The minimum Gasteiger partial charge on any atom is -0.396 e. The van der Waals surface area contributed by atoms with Crippen LogP contribution >= 0.6 is 0 Å². The van der Waals surface area contributed by atoms with E-state index in [1.807, 2.05) is 0 Å². The van der Waals surface area contributed by atoms with Gasteiger partial charge in [-0.05, 0) is 42.5 Å². The average Bonchev–Trinajstić information content (AvgIpc) is 3.25. The van der Waals surface area contributed by atoms with Gasteiger partial charge in [0.05, 0.1) is 16.7 Å². The molecule has 1 aliphatic rings. The number of carbonyl (C=O) groups excluding carboxylic acids is 1. The van der Waals surface area contributed by atoms with Crippen LogP contribution in [0, 0.1) is 5.92 Å². The van der Waals surface area contributed by atoms with Crippen molar-refractivity contribution in [2.24, 2.45) is 5.92 Å². The molecule has 0 aliphatic carbocycles. The number of benzene rings is 1. The smallest absolute Gasteiger partial charge is 0.253 e. The number of aromatic nitrogens is 3. The largest absolute Gasteiger partial charge is 0.396 e. The maximum atomic E-state index is 12.8. The summed E-state index contributed by atoms with van der Waals surface area (Å²) >= 11 is 0. The fourth-order valence-corrected chi connectivity index (χ4v) is 4.98. The number of hydrogen-bond acceptors (Lipinski definition) is 6. The topological polar surface area (TPSA) is 128 Å². The van der Waals surface area contributed by atoms with Crippen LogP contribution in [0.5, 0.6) is 0 Å². The Balaban J connectivity index is 1.38. The highest BCUT2D eigenvalue weighted by molar-refractivity contribution is 7.89. The molecule has 4 rings (SSSR count). The second kappa shape index (κ2) is 8.50. The molecular formula is C20H23N5O4S. The third-order valence-corrected chi connectivity index (χ3v) is 7.31. The summed E-state index contributed by atoms with van der Waals surface area (Å²) in [4.78, 5) is 16.7. The first kappa shape index (κ1) is 20.5. The van der Waals surface area contributed by atoms with Crippen LogP contribution in [-0.2, 0) is 16.6 Å². The molecule has 3 N–H and O–H groups in total. The molecule has 3 heterocycles. The van der Waals surface area contributed by atoms with Crippen LogP contribution in [0.4, 0.5) is 0 Å². The van der Waals surface area contributed by atoms with Crippen molar-refractivity contribution in [2.45, 2.75) is 24.3 Å². The number of rotatable bonds is 6. The van der Waals surface area contributed by atoms with Crippen molar-refractivity contribution in [1.82, 2.24) is 24.8 Å². The fraction of sp³-hybridized carbons (Fsp3) is 0.350. The minimum absolute atomic E-state index is 0.0975. The maximum absolute atomic E-state index is 12.8. The summed E-state index contributed by atoms with van der Waals surface area (Å²) in [7, 11) is -3.55. The van der Waals surface area contributed by atoms with Crippen LogP contribution in [0.15, 0.2) is 47.6 Å². The number of nitrogens with zero attached hydrogens (tertiary/aromatic N) is 3. The number of amides is 1. The van der Waals surface area contributed by atoms with Crippen molar-refractivity contribution in [1.29, 1.82) is 0 Å². The molecule has 0 saturated carbocycles. The van der Waals surface area contributed by atoms with Crippen LogP contribution in [0.3, 0.4) is 0 Å². The molecule has 158 valence electrons. The molecule has 1 aromatic carbocycles. The Bertz CT molecular complexity index is 1140. The number of fused-ring (bicyclic) bond motifs is 1. The van der Waals surface area contributed by atoms with E-state index in [0.29, 0.717) is 37.1 Å². The first-order valence-electron chi connectivity index (χ1n) is 9.74. The fourth-order valence-electron chi connectivity index (χ4n) is 3.51. The van der Waals surface area contributed by atoms with Crippen molar-refractivity contribution >= 4 is 27.0 Å². The molecule has 0 bridgehead atoms. The Hall–Kier alpha value is -2.82. The van der Waals surface area contributed by atoms with Gasteiger partial charge < -0.3 is 10.4 Å². The van der Waals surface area contributed by atoms with E-state index < -0.39 is 10.0 Å². The van der Waals surface area contributed by atoms with Gasteiger partial charge in [-0.3, -0.25) is 9.89 Å². The summed E-state index contributed by atoms with van der Waals surface area (Å²) < 4.78 is 27.1.